The molecule has 0 bridgehead atoms. The van der Waals surface area contributed by atoms with Crippen LogP contribution in [0.1, 0.15) is 12.5 Å². The van der Waals surface area contributed by atoms with E-state index in [1.807, 2.05) is 0 Å². The van der Waals surface area contributed by atoms with Crippen molar-refractivity contribution in [3.63, 3.8) is 0 Å². The molecule has 2 rings (SSSR count). The predicted octanol–water partition coefficient (Wildman–Crippen LogP) is 2.11. The molecule has 0 aromatic heterocycles. The van der Waals surface area contributed by atoms with Gasteiger partial charge in [-0.25, -0.2) is 18.6 Å². The van der Waals surface area contributed by atoms with Gasteiger partial charge in [-0.05, 0) is 48.9 Å². The third-order valence-electron chi connectivity index (χ3n) is 3.32. The average molecular weight is 397 g/mol. The van der Waals surface area contributed by atoms with Crippen LogP contribution in [-0.4, -0.2) is 33.2 Å². The maximum absolute atomic E-state index is 12.1. The molecule has 0 unspecified atom stereocenters. The van der Waals surface area contributed by atoms with Gasteiger partial charge in [-0.15, -0.1) is 0 Å². The van der Waals surface area contributed by atoms with Crippen LogP contribution in [0.5, 0.6) is 5.75 Å². The Morgan fingerprint density at radius 1 is 1.11 bits per heavy atom. The van der Waals surface area contributed by atoms with Crippen molar-refractivity contribution < 1.29 is 26.7 Å². The molecule has 2 aromatic rings. The number of amides is 1. The van der Waals surface area contributed by atoms with E-state index in [2.05, 4.69) is 20.0 Å². The van der Waals surface area contributed by atoms with E-state index >= 15 is 0 Å². The molecule has 0 saturated heterocycles. The number of halogens is 2. The highest BCUT2D eigenvalue weighted by atomic mass is 32.2. The Kier molecular flexibility index (Phi) is 6.97. The van der Waals surface area contributed by atoms with Crippen molar-refractivity contribution in [2.45, 2.75) is 18.4 Å². The zero-order valence-electron chi connectivity index (χ0n) is 14.2. The molecular weight excluding hydrogens is 380 g/mol. The van der Waals surface area contributed by atoms with Gasteiger partial charge < -0.3 is 4.74 Å². The molecule has 7 nitrogen and oxygen atoms in total. The lowest BCUT2D eigenvalue weighted by molar-refractivity contribution is -0.119. The second-order valence-electron chi connectivity index (χ2n) is 5.27. The van der Waals surface area contributed by atoms with Crippen molar-refractivity contribution in [1.29, 1.82) is 0 Å². The number of nitrogens with zero attached hydrogens (tertiary/aromatic N) is 1. The van der Waals surface area contributed by atoms with Crippen molar-refractivity contribution >= 4 is 21.6 Å². The third-order valence-corrected chi connectivity index (χ3v) is 4.74. The largest absolute Gasteiger partial charge is 0.435 e. The van der Waals surface area contributed by atoms with Crippen LogP contribution in [0.25, 0.3) is 0 Å². The number of ether oxygens (including phenoxy) is 1. The van der Waals surface area contributed by atoms with Crippen molar-refractivity contribution in [2.24, 2.45) is 5.10 Å². The van der Waals surface area contributed by atoms with Gasteiger partial charge in [-0.3, -0.25) is 4.79 Å². The van der Waals surface area contributed by atoms with Gasteiger partial charge in [0.2, 0.25) is 10.0 Å². The molecular formula is C17H17F2N3O4S. The predicted molar refractivity (Wildman–Crippen MR) is 95.1 cm³/mol. The molecule has 144 valence electrons. The van der Waals surface area contributed by atoms with Crippen LogP contribution in [0.2, 0.25) is 0 Å². The number of hydrazone groups is 1. The van der Waals surface area contributed by atoms with Gasteiger partial charge in [0, 0.05) is 0 Å². The quantitative estimate of drug-likeness (QED) is 0.527. The zero-order valence-corrected chi connectivity index (χ0v) is 15.0. The summed E-state index contributed by atoms with van der Waals surface area (Å²) in [6.45, 7) is -1.81. The summed E-state index contributed by atoms with van der Waals surface area (Å²) in [6, 6.07) is 13.3. The summed E-state index contributed by atoms with van der Waals surface area (Å²) in [6.07, 6.45) is 0. The fourth-order valence-corrected chi connectivity index (χ4v) is 2.97. The number of benzene rings is 2. The highest BCUT2D eigenvalue weighted by Gasteiger charge is 2.14. The summed E-state index contributed by atoms with van der Waals surface area (Å²) in [5.74, 6) is -0.660. The number of sulfonamides is 1. The van der Waals surface area contributed by atoms with Crippen LogP contribution in [0.4, 0.5) is 8.78 Å². The van der Waals surface area contributed by atoms with Crippen LogP contribution in [0, 0.1) is 0 Å². The van der Waals surface area contributed by atoms with Gasteiger partial charge >= 0.3 is 6.61 Å². The minimum absolute atomic E-state index is 0.000837. The standard InChI is InChI=1S/C17H17F2N3O4S/c1-12(13-7-9-14(10-8-13)26-17(18)19)21-22-16(23)11-20-27(24,25)15-5-3-2-4-6-15/h2-10,17,20H,11H2,1H3,(H,22,23)/b21-12-. The molecule has 1 amide bonds. The van der Waals surface area contributed by atoms with Crippen LogP contribution in [-0.2, 0) is 14.8 Å². The fourth-order valence-electron chi connectivity index (χ4n) is 1.97. The van der Waals surface area contributed by atoms with E-state index in [4.69, 9.17) is 0 Å². The number of alkyl halides is 2. The lowest BCUT2D eigenvalue weighted by Crippen LogP contribution is -2.35. The Hall–Kier alpha value is -2.85. The third kappa shape index (κ3) is 6.42. The number of hydrogen-bond acceptors (Lipinski definition) is 5. The first-order valence-corrected chi connectivity index (χ1v) is 9.19. The fraction of sp³-hybridized carbons (Fsp3) is 0.176. The number of hydrogen-bond donors (Lipinski definition) is 2. The van der Waals surface area contributed by atoms with E-state index < -0.39 is 29.1 Å². The lowest BCUT2D eigenvalue weighted by Gasteiger charge is -2.07. The average Bonchev–Trinajstić information content (AvgIpc) is 2.65. The lowest BCUT2D eigenvalue weighted by atomic mass is 10.1. The van der Waals surface area contributed by atoms with E-state index in [1.54, 1.807) is 25.1 Å². The van der Waals surface area contributed by atoms with Gasteiger partial charge in [0.15, 0.2) is 0 Å². The second-order valence-corrected chi connectivity index (χ2v) is 7.04. The van der Waals surface area contributed by atoms with Crippen molar-refractivity contribution in [2.75, 3.05) is 6.54 Å². The molecule has 0 aliphatic carbocycles. The first-order valence-electron chi connectivity index (χ1n) is 7.71. The van der Waals surface area contributed by atoms with Gasteiger partial charge in [-0.2, -0.15) is 13.9 Å². The van der Waals surface area contributed by atoms with Gasteiger partial charge in [0.25, 0.3) is 5.91 Å². The molecule has 0 atom stereocenters. The zero-order chi connectivity index (χ0) is 19.9. The Labute approximate surface area is 155 Å². The summed E-state index contributed by atoms with van der Waals surface area (Å²) < 4.78 is 54.7. The van der Waals surface area contributed by atoms with E-state index in [0.29, 0.717) is 11.3 Å². The molecule has 0 radical (unpaired) electrons. The number of rotatable bonds is 8. The SMILES string of the molecule is C/C(=N/NC(=O)CNS(=O)(=O)c1ccccc1)c1ccc(OC(F)F)cc1. The Morgan fingerprint density at radius 2 is 1.74 bits per heavy atom. The number of carbonyl (C=O) groups excluding carboxylic acids is 1. The smallest absolute Gasteiger partial charge is 0.387 e. The molecule has 0 fully saturated rings. The summed E-state index contributed by atoms with van der Waals surface area (Å²) >= 11 is 0. The first-order chi connectivity index (χ1) is 12.8. The highest BCUT2D eigenvalue weighted by Crippen LogP contribution is 2.15. The van der Waals surface area contributed by atoms with Crippen LogP contribution in [0.15, 0.2) is 64.6 Å². The first kappa shape index (κ1) is 20.5. The second kappa shape index (κ2) is 9.19. The minimum Gasteiger partial charge on any atom is -0.435 e. The van der Waals surface area contributed by atoms with Crippen LogP contribution >= 0.6 is 0 Å². The Balaban J connectivity index is 1.90. The molecule has 27 heavy (non-hydrogen) atoms. The summed E-state index contributed by atoms with van der Waals surface area (Å²) in [5.41, 5.74) is 3.19. The molecule has 2 aromatic carbocycles. The molecule has 0 aliphatic heterocycles. The summed E-state index contributed by atoms with van der Waals surface area (Å²) in [5, 5.41) is 3.85. The maximum atomic E-state index is 12.1. The van der Waals surface area contributed by atoms with E-state index in [0.717, 1.165) is 0 Å². The normalized spacial score (nSPS) is 12.1. The van der Waals surface area contributed by atoms with Crippen LogP contribution < -0.4 is 14.9 Å². The van der Waals surface area contributed by atoms with Gasteiger partial charge in [0.1, 0.15) is 5.75 Å². The van der Waals surface area contributed by atoms with Crippen molar-refractivity contribution in [3.8, 4) is 5.75 Å². The maximum Gasteiger partial charge on any atom is 0.387 e. The molecule has 0 heterocycles. The number of nitrogens with one attached hydrogen (secondary N) is 2. The highest BCUT2D eigenvalue weighted by molar-refractivity contribution is 7.89. The van der Waals surface area contributed by atoms with Crippen molar-refractivity contribution in [3.05, 3.63) is 60.2 Å². The minimum atomic E-state index is -3.80. The van der Waals surface area contributed by atoms with Gasteiger partial charge in [0.05, 0.1) is 17.2 Å². The Morgan fingerprint density at radius 3 is 2.33 bits per heavy atom. The molecule has 0 aliphatic rings. The molecule has 0 spiro atoms. The van der Waals surface area contributed by atoms with E-state index in [9.17, 15) is 22.0 Å². The number of carbonyl (C=O) groups is 1. The van der Waals surface area contributed by atoms with Crippen LogP contribution in [0.3, 0.4) is 0 Å². The summed E-state index contributed by atoms with van der Waals surface area (Å²) in [4.78, 5) is 11.8. The molecule has 10 heteroatoms. The van der Waals surface area contributed by atoms with Crippen molar-refractivity contribution in [1.82, 2.24) is 10.1 Å². The molecule has 0 saturated carbocycles. The van der Waals surface area contributed by atoms with Gasteiger partial charge in [-0.1, -0.05) is 18.2 Å². The monoisotopic (exact) mass is 397 g/mol. The molecule has 2 N–H and O–H groups in total. The van der Waals surface area contributed by atoms with E-state index in [-0.39, 0.29) is 10.6 Å². The summed E-state index contributed by atoms with van der Waals surface area (Å²) in [7, 11) is -3.80. The topological polar surface area (TPSA) is 96.9 Å². The van der Waals surface area contributed by atoms with E-state index in [1.165, 1.54) is 36.4 Å². The Bertz CT molecular complexity index is 902.